The lowest BCUT2D eigenvalue weighted by atomic mass is 9.94. The van der Waals surface area contributed by atoms with Crippen LogP contribution in [0.15, 0.2) is 16.3 Å². The smallest absolute Gasteiger partial charge is 0.250 e. The van der Waals surface area contributed by atoms with Crippen molar-refractivity contribution in [3.63, 3.8) is 0 Å². The van der Waals surface area contributed by atoms with Crippen LogP contribution in [0.3, 0.4) is 0 Å². The molecule has 2 rings (SSSR count). The van der Waals surface area contributed by atoms with E-state index in [-0.39, 0.29) is 18.5 Å². The van der Waals surface area contributed by atoms with Gasteiger partial charge in [-0.05, 0) is 31.4 Å². The second-order valence-corrected chi connectivity index (χ2v) is 9.14. The Labute approximate surface area is 143 Å². The topological polar surface area (TPSA) is 66.5 Å². The van der Waals surface area contributed by atoms with E-state index in [1.807, 2.05) is 17.9 Å². The summed E-state index contributed by atoms with van der Waals surface area (Å²) >= 11 is 1.30. The molecule has 0 saturated heterocycles. The van der Waals surface area contributed by atoms with Gasteiger partial charge in [0.05, 0.1) is 0 Å². The van der Waals surface area contributed by atoms with Crippen LogP contribution in [0.1, 0.15) is 50.8 Å². The first-order valence-electron chi connectivity index (χ1n) is 8.29. The van der Waals surface area contributed by atoms with E-state index in [0.29, 0.717) is 10.8 Å². The molecule has 0 unspecified atom stereocenters. The number of nitrogens with one attached hydrogen (secondary N) is 1. The van der Waals surface area contributed by atoms with Crippen molar-refractivity contribution in [2.45, 2.75) is 62.6 Å². The second-order valence-electron chi connectivity index (χ2n) is 5.98. The molecule has 23 heavy (non-hydrogen) atoms. The fourth-order valence-corrected chi connectivity index (χ4v) is 5.42. The molecule has 1 saturated carbocycles. The number of sulfonamides is 1. The highest BCUT2D eigenvalue weighted by molar-refractivity contribution is 7.91. The highest BCUT2D eigenvalue weighted by atomic mass is 32.2. The number of carbonyl (C=O) groups excluding carboxylic acids is 1. The third kappa shape index (κ3) is 5.02. The monoisotopic (exact) mass is 358 g/mol. The third-order valence-electron chi connectivity index (χ3n) is 4.32. The van der Waals surface area contributed by atoms with Crippen molar-refractivity contribution in [3.8, 4) is 0 Å². The van der Waals surface area contributed by atoms with Gasteiger partial charge in [0.2, 0.25) is 15.9 Å². The number of hydrogen-bond acceptors (Lipinski definition) is 4. The van der Waals surface area contributed by atoms with Gasteiger partial charge in [0, 0.05) is 30.9 Å². The summed E-state index contributed by atoms with van der Waals surface area (Å²) in [5.41, 5.74) is 0. The number of hydrogen-bond donors (Lipinski definition) is 1. The van der Waals surface area contributed by atoms with Crippen LogP contribution in [-0.2, 0) is 21.2 Å². The lowest BCUT2D eigenvalue weighted by Crippen LogP contribution is -2.44. The maximum absolute atomic E-state index is 12.3. The lowest BCUT2D eigenvalue weighted by molar-refractivity contribution is -0.131. The number of carbonyl (C=O) groups is 1. The SMILES string of the molecule is CCc1ccc(S(=O)(=O)NCCN(C(C)=O)C2CCCCC2)s1. The van der Waals surface area contributed by atoms with E-state index >= 15 is 0 Å². The summed E-state index contributed by atoms with van der Waals surface area (Å²) in [5, 5.41) is 0. The average molecular weight is 359 g/mol. The maximum Gasteiger partial charge on any atom is 0.250 e. The summed E-state index contributed by atoms with van der Waals surface area (Å²) in [6, 6.07) is 3.76. The Bertz CT molecular complexity index is 619. The highest BCUT2D eigenvalue weighted by Gasteiger charge is 2.24. The summed E-state index contributed by atoms with van der Waals surface area (Å²) < 4.78 is 27.5. The van der Waals surface area contributed by atoms with Gasteiger partial charge < -0.3 is 4.90 Å². The molecule has 1 heterocycles. The molecule has 5 nitrogen and oxygen atoms in total. The largest absolute Gasteiger partial charge is 0.339 e. The van der Waals surface area contributed by atoms with Crippen molar-refractivity contribution in [3.05, 3.63) is 17.0 Å². The Morgan fingerprint density at radius 1 is 1.30 bits per heavy atom. The number of aryl methyl sites for hydroxylation is 1. The minimum atomic E-state index is -3.47. The maximum atomic E-state index is 12.3. The Morgan fingerprint density at radius 3 is 2.57 bits per heavy atom. The van der Waals surface area contributed by atoms with E-state index < -0.39 is 10.0 Å². The van der Waals surface area contributed by atoms with Crippen LogP contribution in [0, 0.1) is 0 Å². The van der Waals surface area contributed by atoms with Gasteiger partial charge in [-0.3, -0.25) is 4.79 Å². The number of nitrogens with zero attached hydrogens (tertiary/aromatic N) is 1. The highest BCUT2D eigenvalue weighted by Crippen LogP contribution is 2.23. The number of rotatable bonds is 7. The first-order valence-corrected chi connectivity index (χ1v) is 10.6. The minimum absolute atomic E-state index is 0.0282. The molecule has 1 amide bonds. The number of thiophene rings is 1. The first kappa shape index (κ1) is 18.4. The molecular formula is C16H26N2O3S2. The van der Waals surface area contributed by atoms with Crippen LogP contribution >= 0.6 is 11.3 Å². The van der Waals surface area contributed by atoms with Gasteiger partial charge >= 0.3 is 0 Å². The Kier molecular flexibility index (Phi) is 6.61. The van der Waals surface area contributed by atoms with Crippen LogP contribution in [-0.4, -0.2) is 38.4 Å². The molecule has 0 radical (unpaired) electrons. The van der Waals surface area contributed by atoms with Crippen molar-refractivity contribution < 1.29 is 13.2 Å². The van der Waals surface area contributed by atoms with Crippen LogP contribution in [0.5, 0.6) is 0 Å². The molecule has 0 bridgehead atoms. The van der Waals surface area contributed by atoms with Crippen molar-refractivity contribution in [2.75, 3.05) is 13.1 Å². The molecule has 1 aromatic rings. The molecule has 1 fully saturated rings. The molecule has 130 valence electrons. The van der Waals surface area contributed by atoms with E-state index in [2.05, 4.69) is 4.72 Å². The van der Waals surface area contributed by atoms with Crippen LogP contribution < -0.4 is 4.72 Å². The molecule has 0 aliphatic heterocycles. The molecule has 0 aromatic carbocycles. The van der Waals surface area contributed by atoms with Gasteiger partial charge in [-0.25, -0.2) is 13.1 Å². The molecular weight excluding hydrogens is 332 g/mol. The van der Waals surface area contributed by atoms with E-state index in [9.17, 15) is 13.2 Å². The van der Waals surface area contributed by atoms with Crippen LogP contribution in [0.4, 0.5) is 0 Å². The lowest BCUT2D eigenvalue weighted by Gasteiger charge is -2.33. The first-order chi connectivity index (χ1) is 10.9. The Hall–Kier alpha value is -0.920. The zero-order chi connectivity index (χ0) is 16.9. The van der Waals surface area contributed by atoms with Crippen molar-refractivity contribution in [1.82, 2.24) is 9.62 Å². The summed E-state index contributed by atoms with van der Waals surface area (Å²) in [6.45, 7) is 4.27. The van der Waals surface area contributed by atoms with Crippen molar-refractivity contribution in [1.29, 1.82) is 0 Å². The zero-order valence-corrected chi connectivity index (χ0v) is 15.5. The molecule has 1 N–H and O–H groups in total. The third-order valence-corrected chi connectivity index (χ3v) is 7.50. The summed E-state index contributed by atoms with van der Waals surface area (Å²) in [4.78, 5) is 14.7. The molecule has 0 spiro atoms. The molecule has 0 atom stereocenters. The summed E-state index contributed by atoms with van der Waals surface area (Å²) in [6.07, 6.45) is 6.41. The van der Waals surface area contributed by atoms with Gasteiger partial charge in [-0.1, -0.05) is 26.2 Å². The fourth-order valence-electron chi connectivity index (χ4n) is 3.05. The standard InChI is InChI=1S/C16H26N2O3S2/c1-3-15-9-10-16(22-15)23(20,21)17-11-12-18(13(2)19)14-7-5-4-6-8-14/h9-10,14,17H,3-8,11-12H2,1-2H3. The van der Waals surface area contributed by atoms with Gasteiger partial charge in [0.15, 0.2) is 0 Å². The Balaban J connectivity index is 1.91. The predicted molar refractivity (Wildman–Crippen MR) is 93.1 cm³/mol. The molecule has 7 heteroatoms. The van der Waals surface area contributed by atoms with Gasteiger partial charge in [0.1, 0.15) is 4.21 Å². The van der Waals surface area contributed by atoms with Crippen molar-refractivity contribution in [2.24, 2.45) is 0 Å². The van der Waals surface area contributed by atoms with E-state index in [4.69, 9.17) is 0 Å². The van der Waals surface area contributed by atoms with Gasteiger partial charge in [-0.15, -0.1) is 11.3 Å². The van der Waals surface area contributed by atoms with Crippen molar-refractivity contribution >= 4 is 27.3 Å². The molecule has 1 aliphatic carbocycles. The number of amides is 1. The van der Waals surface area contributed by atoms with E-state index in [1.54, 1.807) is 13.0 Å². The zero-order valence-electron chi connectivity index (χ0n) is 13.9. The summed E-state index contributed by atoms with van der Waals surface area (Å²) in [7, 11) is -3.47. The average Bonchev–Trinajstić information content (AvgIpc) is 3.02. The van der Waals surface area contributed by atoms with Gasteiger partial charge in [-0.2, -0.15) is 0 Å². The summed E-state index contributed by atoms with van der Waals surface area (Å²) in [5.74, 6) is 0.0282. The predicted octanol–water partition coefficient (Wildman–Crippen LogP) is 2.77. The minimum Gasteiger partial charge on any atom is -0.339 e. The fraction of sp³-hybridized carbons (Fsp3) is 0.688. The quantitative estimate of drug-likeness (QED) is 0.815. The normalized spacial score (nSPS) is 16.4. The Morgan fingerprint density at radius 2 is 2.00 bits per heavy atom. The molecule has 1 aromatic heterocycles. The second kappa shape index (κ2) is 8.26. The van der Waals surface area contributed by atoms with E-state index in [1.165, 1.54) is 17.8 Å². The van der Waals surface area contributed by atoms with Crippen LogP contribution in [0.2, 0.25) is 0 Å². The van der Waals surface area contributed by atoms with E-state index in [0.717, 1.165) is 37.0 Å². The van der Waals surface area contributed by atoms with Crippen LogP contribution in [0.25, 0.3) is 0 Å². The molecule has 1 aliphatic rings. The van der Waals surface area contributed by atoms with Gasteiger partial charge in [0.25, 0.3) is 0 Å².